The van der Waals surface area contributed by atoms with Gasteiger partial charge in [-0.1, -0.05) is 30.3 Å². The van der Waals surface area contributed by atoms with Gasteiger partial charge in [0.25, 0.3) is 11.8 Å². The zero-order valence-electron chi connectivity index (χ0n) is 20.1. The van der Waals surface area contributed by atoms with E-state index in [2.05, 4.69) is 15.4 Å². The SMILES string of the molecule is COC(=O)c1ccc(NC(=O)/C(C#N)=C\c2ccccc2OCC(=O)Nc2cccc(C)c2C)cc1. The van der Waals surface area contributed by atoms with Gasteiger partial charge in [0.2, 0.25) is 0 Å². The minimum Gasteiger partial charge on any atom is -0.483 e. The van der Waals surface area contributed by atoms with Gasteiger partial charge in [-0.15, -0.1) is 0 Å². The number of aryl methyl sites for hydroxylation is 1. The van der Waals surface area contributed by atoms with E-state index in [1.165, 1.54) is 37.5 Å². The number of esters is 1. The Bertz CT molecular complexity index is 1350. The van der Waals surface area contributed by atoms with Crippen LogP contribution in [0.3, 0.4) is 0 Å². The summed E-state index contributed by atoms with van der Waals surface area (Å²) < 4.78 is 10.3. The van der Waals surface area contributed by atoms with Gasteiger partial charge in [-0.3, -0.25) is 9.59 Å². The van der Waals surface area contributed by atoms with E-state index in [9.17, 15) is 19.6 Å². The average molecular weight is 484 g/mol. The number of benzene rings is 3. The summed E-state index contributed by atoms with van der Waals surface area (Å²) in [7, 11) is 1.28. The largest absolute Gasteiger partial charge is 0.483 e. The van der Waals surface area contributed by atoms with Gasteiger partial charge in [-0.25, -0.2) is 4.79 Å². The van der Waals surface area contributed by atoms with Crippen LogP contribution in [-0.2, 0) is 14.3 Å². The Balaban J connectivity index is 1.69. The second kappa shape index (κ2) is 12.0. The second-order valence-electron chi connectivity index (χ2n) is 7.82. The minimum atomic E-state index is -0.634. The van der Waals surface area contributed by atoms with Crippen molar-refractivity contribution < 1.29 is 23.9 Å². The number of carbonyl (C=O) groups excluding carboxylic acids is 3. The molecule has 8 heteroatoms. The molecule has 0 heterocycles. The van der Waals surface area contributed by atoms with Crippen LogP contribution in [0.2, 0.25) is 0 Å². The van der Waals surface area contributed by atoms with Crippen LogP contribution in [-0.4, -0.2) is 31.5 Å². The number of ether oxygens (including phenoxy) is 2. The van der Waals surface area contributed by atoms with E-state index >= 15 is 0 Å². The Morgan fingerprint density at radius 2 is 1.67 bits per heavy atom. The molecule has 0 aliphatic heterocycles. The maximum atomic E-state index is 12.7. The first-order chi connectivity index (χ1) is 17.3. The summed E-state index contributed by atoms with van der Waals surface area (Å²) in [5, 5.41) is 15.0. The van der Waals surface area contributed by atoms with Crippen molar-refractivity contribution in [2.24, 2.45) is 0 Å². The van der Waals surface area contributed by atoms with Crippen molar-refractivity contribution in [1.82, 2.24) is 0 Å². The molecule has 0 aromatic heterocycles. The van der Waals surface area contributed by atoms with E-state index in [4.69, 9.17) is 4.74 Å². The number of para-hydroxylation sites is 1. The first kappa shape index (κ1) is 25.7. The molecule has 0 radical (unpaired) electrons. The zero-order valence-corrected chi connectivity index (χ0v) is 20.1. The summed E-state index contributed by atoms with van der Waals surface area (Å²) in [6.07, 6.45) is 1.39. The molecule has 3 aromatic carbocycles. The lowest BCUT2D eigenvalue weighted by atomic mass is 10.1. The Morgan fingerprint density at radius 1 is 0.944 bits per heavy atom. The highest BCUT2D eigenvalue weighted by Gasteiger charge is 2.13. The van der Waals surface area contributed by atoms with Gasteiger partial charge >= 0.3 is 5.97 Å². The molecule has 0 bridgehead atoms. The van der Waals surface area contributed by atoms with Crippen molar-refractivity contribution in [3.8, 4) is 11.8 Å². The molecule has 3 aromatic rings. The number of amides is 2. The monoisotopic (exact) mass is 483 g/mol. The third-order valence-electron chi connectivity index (χ3n) is 5.39. The predicted molar refractivity (Wildman–Crippen MR) is 136 cm³/mol. The molecule has 8 nitrogen and oxygen atoms in total. The standard InChI is InChI=1S/C28H25N3O5/c1-18-7-6-9-24(19(18)2)31-26(32)17-36-25-10-5-4-8-21(25)15-22(16-29)27(33)30-23-13-11-20(12-14-23)28(34)35-3/h4-15H,17H2,1-3H3,(H,30,33)(H,31,32)/b22-15-. The third-order valence-corrected chi connectivity index (χ3v) is 5.39. The van der Waals surface area contributed by atoms with Gasteiger partial charge in [-0.2, -0.15) is 5.26 Å². The molecule has 0 atom stereocenters. The highest BCUT2D eigenvalue weighted by Crippen LogP contribution is 2.22. The lowest BCUT2D eigenvalue weighted by Crippen LogP contribution is -2.21. The number of hydrogen-bond donors (Lipinski definition) is 2. The fraction of sp³-hybridized carbons (Fsp3) is 0.143. The molecule has 3 rings (SSSR count). The van der Waals surface area contributed by atoms with Crippen LogP contribution in [0, 0.1) is 25.2 Å². The van der Waals surface area contributed by atoms with E-state index in [0.717, 1.165) is 11.1 Å². The summed E-state index contributed by atoms with van der Waals surface area (Å²) in [6, 6.07) is 20.4. The molecule has 0 spiro atoms. The molecule has 0 aliphatic carbocycles. The zero-order chi connectivity index (χ0) is 26.1. The van der Waals surface area contributed by atoms with E-state index < -0.39 is 11.9 Å². The van der Waals surface area contributed by atoms with Gasteiger partial charge in [-0.05, 0) is 67.4 Å². The number of nitriles is 1. The number of rotatable bonds is 8. The Labute approximate surface area is 209 Å². The number of hydrogen-bond acceptors (Lipinski definition) is 6. The predicted octanol–water partition coefficient (Wildman–Crippen LogP) is 4.65. The Hall–Kier alpha value is -4.90. The quantitative estimate of drug-likeness (QED) is 0.274. The van der Waals surface area contributed by atoms with Crippen molar-refractivity contribution in [3.05, 3.63) is 94.6 Å². The minimum absolute atomic E-state index is 0.164. The summed E-state index contributed by atoms with van der Waals surface area (Å²) in [5.41, 5.74) is 3.78. The molecule has 0 aliphatic rings. The number of methoxy groups -OCH3 is 1. The third kappa shape index (κ3) is 6.58. The summed E-state index contributed by atoms with van der Waals surface area (Å²) in [6.45, 7) is 3.64. The fourth-order valence-corrected chi connectivity index (χ4v) is 3.26. The number of carbonyl (C=O) groups is 3. The van der Waals surface area contributed by atoms with Crippen LogP contribution in [0.25, 0.3) is 6.08 Å². The van der Waals surface area contributed by atoms with Crippen molar-refractivity contribution in [2.75, 3.05) is 24.4 Å². The lowest BCUT2D eigenvalue weighted by Gasteiger charge is -2.12. The second-order valence-corrected chi connectivity index (χ2v) is 7.82. The summed E-state index contributed by atoms with van der Waals surface area (Å²) in [4.78, 5) is 36.7. The molecule has 2 N–H and O–H groups in total. The highest BCUT2D eigenvalue weighted by atomic mass is 16.5. The van der Waals surface area contributed by atoms with Crippen LogP contribution in [0.5, 0.6) is 5.75 Å². The Kier molecular flexibility index (Phi) is 8.57. The summed E-state index contributed by atoms with van der Waals surface area (Å²) >= 11 is 0. The maximum absolute atomic E-state index is 12.7. The normalized spacial score (nSPS) is 10.7. The van der Waals surface area contributed by atoms with Gasteiger partial charge in [0.1, 0.15) is 17.4 Å². The van der Waals surface area contributed by atoms with Crippen LogP contribution in [0.4, 0.5) is 11.4 Å². The molecule has 0 saturated heterocycles. The molecule has 36 heavy (non-hydrogen) atoms. The molecule has 0 fully saturated rings. The molecule has 0 saturated carbocycles. The van der Waals surface area contributed by atoms with Crippen LogP contribution in [0.1, 0.15) is 27.0 Å². The lowest BCUT2D eigenvalue weighted by molar-refractivity contribution is -0.118. The van der Waals surface area contributed by atoms with Crippen LogP contribution < -0.4 is 15.4 Å². The van der Waals surface area contributed by atoms with Crippen molar-refractivity contribution in [3.63, 3.8) is 0 Å². The number of nitrogens with zero attached hydrogens (tertiary/aromatic N) is 1. The first-order valence-electron chi connectivity index (χ1n) is 11.0. The van der Waals surface area contributed by atoms with E-state index in [1.807, 2.05) is 38.1 Å². The van der Waals surface area contributed by atoms with Crippen molar-refractivity contribution in [1.29, 1.82) is 5.26 Å². The average Bonchev–Trinajstić information content (AvgIpc) is 2.89. The fourth-order valence-electron chi connectivity index (χ4n) is 3.26. The smallest absolute Gasteiger partial charge is 0.337 e. The highest BCUT2D eigenvalue weighted by molar-refractivity contribution is 6.10. The molecule has 182 valence electrons. The number of anilines is 2. The van der Waals surface area contributed by atoms with E-state index in [0.29, 0.717) is 28.3 Å². The topological polar surface area (TPSA) is 118 Å². The molecular formula is C28H25N3O5. The molecule has 2 amide bonds. The van der Waals surface area contributed by atoms with Gasteiger partial charge in [0, 0.05) is 16.9 Å². The van der Waals surface area contributed by atoms with Crippen LogP contribution >= 0.6 is 0 Å². The van der Waals surface area contributed by atoms with E-state index in [1.54, 1.807) is 24.3 Å². The Morgan fingerprint density at radius 3 is 2.36 bits per heavy atom. The van der Waals surface area contributed by atoms with Gasteiger partial charge in [0.15, 0.2) is 6.61 Å². The number of nitrogens with one attached hydrogen (secondary N) is 2. The van der Waals surface area contributed by atoms with E-state index in [-0.39, 0.29) is 18.1 Å². The van der Waals surface area contributed by atoms with Crippen molar-refractivity contribution in [2.45, 2.75) is 13.8 Å². The maximum Gasteiger partial charge on any atom is 0.337 e. The van der Waals surface area contributed by atoms with Crippen LogP contribution in [0.15, 0.2) is 72.3 Å². The summed E-state index contributed by atoms with van der Waals surface area (Å²) in [5.74, 6) is -1.12. The van der Waals surface area contributed by atoms with Gasteiger partial charge in [0.05, 0.1) is 12.7 Å². The van der Waals surface area contributed by atoms with Crippen molar-refractivity contribution >= 4 is 35.2 Å². The molecular weight excluding hydrogens is 458 g/mol. The van der Waals surface area contributed by atoms with Gasteiger partial charge < -0.3 is 20.1 Å². The first-order valence-corrected chi connectivity index (χ1v) is 11.0. The molecule has 0 unspecified atom stereocenters.